The van der Waals surface area contributed by atoms with Crippen LogP contribution in [-0.2, 0) is 5.75 Å². The average molecular weight is 183 g/mol. The minimum Gasteiger partial charge on any atom is -0.440 e. The van der Waals surface area contributed by atoms with Gasteiger partial charge in [0.05, 0.1) is 11.9 Å². The van der Waals surface area contributed by atoms with E-state index in [1.165, 1.54) is 18.0 Å². The van der Waals surface area contributed by atoms with E-state index in [2.05, 4.69) is 25.6 Å². The van der Waals surface area contributed by atoms with Crippen LogP contribution in [0.1, 0.15) is 5.82 Å². The molecule has 0 amide bonds. The SMILES string of the molecule is c1coc(SCc2nn[nH]n2)n1. The first-order valence-corrected chi connectivity index (χ1v) is 4.18. The molecule has 2 rings (SSSR count). The molecule has 0 radical (unpaired) electrons. The smallest absolute Gasteiger partial charge is 0.255 e. The molecule has 0 aliphatic carbocycles. The van der Waals surface area contributed by atoms with Gasteiger partial charge < -0.3 is 4.42 Å². The topological polar surface area (TPSA) is 80.5 Å². The largest absolute Gasteiger partial charge is 0.440 e. The summed E-state index contributed by atoms with van der Waals surface area (Å²) in [6.07, 6.45) is 3.12. The molecule has 0 fully saturated rings. The fraction of sp³-hybridized carbons (Fsp3) is 0.200. The standard InChI is InChI=1S/C5H5N5OS/c1-2-11-5(6-1)12-3-4-7-9-10-8-4/h1-2H,3H2,(H,7,8,9,10). The summed E-state index contributed by atoms with van der Waals surface area (Å²) in [4.78, 5) is 3.93. The number of nitrogens with zero attached hydrogens (tertiary/aromatic N) is 4. The molecule has 0 saturated carbocycles. The van der Waals surface area contributed by atoms with Crippen LogP contribution in [0.3, 0.4) is 0 Å². The summed E-state index contributed by atoms with van der Waals surface area (Å²) >= 11 is 1.42. The fourth-order valence-electron chi connectivity index (χ4n) is 0.652. The third-order valence-electron chi connectivity index (χ3n) is 1.12. The van der Waals surface area contributed by atoms with Gasteiger partial charge in [-0.25, -0.2) is 4.98 Å². The zero-order valence-electron chi connectivity index (χ0n) is 5.97. The van der Waals surface area contributed by atoms with Crippen LogP contribution in [0, 0.1) is 0 Å². The second-order valence-electron chi connectivity index (χ2n) is 1.91. The molecule has 0 spiro atoms. The molecule has 0 atom stereocenters. The first-order valence-electron chi connectivity index (χ1n) is 3.20. The molecule has 2 aromatic heterocycles. The van der Waals surface area contributed by atoms with Gasteiger partial charge in [0, 0.05) is 0 Å². The Morgan fingerprint density at radius 3 is 3.25 bits per heavy atom. The quantitative estimate of drug-likeness (QED) is 0.697. The Kier molecular flexibility index (Phi) is 2.04. The van der Waals surface area contributed by atoms with Gasteiger partial charge in [-0.15, -0.1) is 10.2 Å². The summed E-state index contributed by atoms with van der Waals surface area (Å²) in [5, 5.41) is 14.0. The highest BCUT2D eigenvalue weighted by Crippen LogP contribution is 2.17. The number of oxazole rings is 1. The molecule has 2 aromatic rings. The molecule has 0 aliphatic heterocycles. The van der Waals surface area contributed by atoms with Gasteiger partial charge in [0.15, 0.2) is 5.82 Å². The monoisotopic (exact) mass is 183 g/mol. The normalized spacial score (nSPS) is 10.3. The molecular formula is C5H5N5OS. The van der Waals surface area contributed by atoms with Gasteiger partial charge in [0.2, 0.25) is 0 Å². The van der Waals surface area contributed by atoms with Crippen molar-refractivity contribution in [3.8, 4) is 0 Å². The van der Waals surface area contributed by atoms with Crippen LogP contribution < -0.4 is 0 Å². The number of hydrogen-bond donors (Lipinski definition) is 1. The number of aromatic nitrogens is 5. The average Bonchev–Trinajstić information content (AvgIpc) is 2.74. The molecule has 0 aromatic carbocycles. The number of rotatable bonds is 3. The summed E-state index contributed by atoms with van der Waals surface area (Å²) in [5.41, 5.74) is 0. The van der Waals surface area contributed by atoms with Gasteiger partial charge in [0.1, 0.15) is 6.26 Å². The third-order valence-corrected chi connectivity index (χ3v) is 1.97. The Labute approximate surface area is 71.8 Å². The van der Waals surface area contributed by atoms with Crippen molar-refractivity contribution in [1.82, 2.24) is 25.6 Å². The van der Waals surface area contributed by atoms with E-state index >= 15 is 0 Å². The van der Waals surface area contributed by atoms with Crippen molar-refractivity contribution in [1.29, 1.82) is 0 Å². The number of hydrogen-bond acceptors (Lipinski definition) is 6. The van der Waals surface area contributed by atoms with Gasteiger partial charge in [-0.2, -0.15) is 5.21 Å². The van der Waals surface area contributed by atoms with Crippen LogP contribution in [0.25, 0.3) is 0 Å². The first kappa shape index (κ1) is 7.29. The lowest BCUT2D eigenvalue weighted by atomic mass is 10.8. The summed E-state index contributed by atoms with van der Waals surface area (Å²) in [5.74, 6) is 1.25. The van der Waals surface area contributed by atoms with Crippen LogP contribution >= 0.6 is 11.8 Å². The highest BCUT2D eigenvalue weighted by molar-refractivity contribution is 7.98. The number of nitrogens with one attached hydrogen (secondary N) is 1. The van der Waals surface area contributed by atoms with Crippen molar-refractivity contribution >= 4 is 11.8 Å². The van der Waals surface area contributed by atoms with Crippen LogP contribution in [-0.4, -0.2) is 25.6 Å². The molecule has 62 valence electrons. The molecule has 7 heteroatoms. The summed E-state index contributed by atoms with van der Waals surface area (Å²) in [6.45, 7) is 0. The van der Waals surface area contributed by atoms with E-state index in [9.17, 15) is 0 Å². The van der Waals surface area contributed by atoms with Crippen molar-refractivity contribution in [2.24, 2.45) is 0 Å². The predicted molar refractivity (Wildman–Crippen MR) is 40.2 cm³/mol. The van der Waals surface area contributed by atoms with Gasteiger partial charge in [-0.1, -0.05) is 17.0 Å². The second kappa shape index (κ2) is 3.35. The van der Waals surface area contributed by atoms with Gasteiger partial charge in [-0.05, 0) is 0 Å². The molecule has 6 nitrogen and oxygen atoms in total. The van der Waals surface area contributed by atoms with Crippen molar-refractivity contribution in [2.45, 2.75) is 11.0 Å². The van der Waals surface area contributed by atoms with Crippen LogP contribution in [0.5, 0.6) is 0 Å². The van der Waals surface area contributed by atoms with Crippen LogP contribution in [0.2, 0.25) is 0 Å². The maximum Gasteiger partial charge on any atom is 0.255 e. The Morgan fingerprint density at radius 1 is 1.58 bits per heavy atom. The highest BCUT2D eigenvalue weighted by atomic mass is 32.2. The molecule has 2 heterocycles. The van der Waals surface area contributed by atoms with Crippen LogP contribution in [0.15, 0.2) is 22.1 Å². The molecule has 0 aliphatic rings. The highest BCUT2D eigenvalue weighted by Gasteiger charge is 2.02. The zero-order chi connectivity index (χ0) is 8.23. The maximum absolute atomic E-state index is 5.00. The summed E-state index contributed by atoms with van der Waals surface area (Å²) < 4.78 is 5.00. The lowest BCUT2D eigenvalue weighted by molar-refractivity contribution is 0.454. The molecular weight excluding hydrogens is 178 g/mol. The molecule has 1 N–H and O–H groups in total. The Bertz CT molecular complexity index is 283. The van der Waals surface area contributed by atoms with E-state index in [0.717, 1.165) is 0 Å². The third kappa shape index (κ3) is 1.62. The molecule has 0 saturated heterocycles. The molecule has 12 heavy (non-hydrogen) atoms. The van der Waals surface area contributed by atoms with Crippen molar-refractivity contribution < 1.29 is 4.42 Å². The van der Waals surface area contributed by atoms with E-state index in [-0.39, 0.29) is 0 Å². The minimum absolute atomic E-state index is 0.608. The summed E-state index contributed by atoms with van der Waals surface area (Å²) in [6, 6.07) is 0. The van der Waals surface area contributed by atoms with Crippen molar-refractivity contribution in [3.63, 3.8) is 0 Å². The molecule has 0 unspecified atom stereocenters. The van der Waals surface area contributed by atoms with Crippen molar-refractivity contribution in [3.05, 3.63) is 18.3 Å². The lowest BCUT2D eigenvalue weighted by Gasteiger charge is -1.88. The Morgan fingerprint density at radius 2 is 2.58 bits per heavy atom. The minimum atomic E-state index is 0.608. The van der Waals surface area contributed by atoms with E-state index in [1.807, 2.05) is 0 Å². The summed E-state index contributed by atoms with van der Waals surface area (Å²) in [7, 11) is 0. The zero-order valence-corrected chi connectivity index (χ0v) is 6.78. The van der Waals surface area contributed by atoms with Gasteiger partial charge in [0.25, 0.3) is 5.22 Å². The Hall–Kier alpha value is -1.37. The van der Waals surface area contributed by atoms with Crippen LogP contribution in [0.4, 0.5) is 0 Å². The van der Waals surface area contributed by atoms with E-state index in [0.29, 0.717) is 16.8 Å². The second-order valence-corrected chi connectivity index (χ2v) is 2.84. The van der Waals surface area contributed by atoms with E-state index in [1.54, 1.807) is 6.20 Å². The lowest BCUT2D eigenvalue weighted by Crippen LogP contribution is -1.83. The number of tetrazole rings is 1. The van der Waals surface area contributed by atoms with Gasteiger partial charge in [-0.3, -0.25) is 0 Å². The first-order chi connectivity index (χ1) is 5.95. The molecule has 0 bridgehead atoms. The van der Waals surface area contributed by atoms with E-state index in [4.69, 9.17) is 4.42 Å². The number of aromatic amines is 1. The van der Waals surface area contributed by atoms with Crippen molar-refractivity contribution in [2.75, 3.05) is 0 Å². The number of thioether (sulfide) groups is 1. The maximum atomic E-state index is 5.00. The van der Waals surface area contributed by atoms with E-state index < -0.39 is 0 Å². The Balaban J connectivity index is 1.91. The number of H-pyrrole nitrogens is 1. The van der Waals surface area contributed by atoms with Gasteiger partial charge >= 0.3 is 0 Å². The predicted octanol–water partition coefficient (Wildman–Crippen LogP) is 0.480. The fourth-order valence-corrected chi connectivity index (χ4v) is 1.29.